The van der Waals surface area contributed by atoms with E-state index in [-0.39, 0.29) is 6.04 Å². The lowest BCUT2D eigenvalue weighted by atomic mass is 10.0. The highest BCUT2D eigenvalue weighted by Gasteiger charge is 2.24. The van der Waals surface area contributed by atoms with Crippen molar-refractivity contribution in [1.29, 1.82) is 0 Å². The number of aromatic nitrogens is 3. The number of halogens is 1. The van der Waals surface area contributed by atoms with Crippen LogP contribution in [-0.2, 0) is 0 Å². The molecule has 0 amide bonds. The molecule has 3 aromatic heterocycles. The maximum absolute atomic E-state index is 6.11. The van der Waals surface area contributed by atoms with Crippen molar-refractivity contribution in [3.63, 3.8) is 0 Å². The Balaban J connectivity index is 1.10. The number of likely N-dealkylation sites (tertiary alicyclic amines) is 1. The van der Waals surface area contributed by atoms with Gasteiger partial charge < -0.3 is 15.5 Å². The zero-order chi connectivity index (χ0) is 23.9. The van der Waals surface area contributed by atoms with Crippen LogP contribution in [0.1, 0.15) is 36.7 Å². The maximum atomic E-state index is 6.11. The Morgan fingerprint density at radius 3 is 2.31 bits per heavy atom. The van der Waals surface area contributed by atoms with E-state index in [2.05, 4.69) is 42.6 Å². The van der Waals surface area contributed by atoms with Crippen molar-refractivity contribution in [1.82, 2.24) is 25.2 Å². The maximum Gasteiger partial charge on any atom is 0.0927 e. The minimum atomic E-state index is 0.0169. The molecular formula is C28H31ClN6. The Hall–Kier alpha value is -3.06. The first-order valence-electron chi connectivity index (χ1n) is 12.3. The smallest absolute Gasteiger partial charge is 0.0927 e. The lowest BCUT2D eigenvalue weighted by molar-refractivity contribution is 0.192. The Bertz CT molecular complexity index is 1170. The van der Waals surface area contributed by atoms with Crippen LogP contribution in [0.5, 0.6) is 0 Å². The number of hydrogen-bond acceptors (Lipinski definition) is 6. The molecule has 2 N–H and O–H groups in total. The molecule has 4 heterocycles. The first-order chi connectivity index (χ1) is 17.3. The van der Waals surface area contributed by atoms with Gasteiger partial charge >= 0.3 is 0 Å². The molecule has 0 radical (unpaired) electrons. The van der Waals surface area contributed by atoms with E-state index in [1.54, 1.807) is 0 Å². The monoisotopic (exact) mass is 486 g/mol. The zero-order valence-electron chi connectivity index (χ0n) is 19.8. The molecule has 1 saturated heterocycles. The molecule has 0 unspecified atom stereocenters. The highest BCUT2D eigenvalue weighted by atomic mass is 35.5. The quantitative estimate of drug-likeness (QED) is 0.312. The number of benzene rings is 1. The summed E-state index contributed by atoms with van der Waals surface area (Å²) < 4.78 is 0. The largest absolute Gasteiger partial charge is 0.384 e. The number of hydrogen-bond donors (Lipinski definition) is 2. The summed E-state index contributed by atoms with van der Waals surface area (Å²) in [6.45, 7) is 4.23. The molecule has 35 heavy (non-hydrogen) atoms. The highest BCUT2D eigenvalue weighted by molar-refractivity contribution is 6.31. The van der Waals surface area contributed by atoms with Crippen LogP contribution in [0.15, 0.2) is 79.3 Å². The summed E-state index contributed by atoms with van der Waals surface area (Å²) in [6.07, 6.45) is 8.89. The molecule has 0 atom stereocenters. The third kappa shape index (κ3) is 6.14. The molecule has 4 aromatic rings. The van der Waals surface area contributed by atoms with Crippen molar-refractivity contribution in [2.75, 3.05) is 31.5 Å². The van der Waals surface area contributed by atoms with Gasteiger partial charge in [0.1, 0.15) is 0 Å². The van der Waals surface area contributed by atoms with Crippen molar-refractivity contribution in [2.45, 2.75) is 31.3 Å². The fourth-order valence-corrected chi connectivity index (χ4v) is 4.94. The van der Waals surface area contributed by atoms with Gasteiger partial charge in [-0.2, -0.15) is 0 Å². The standard InChI is InChI=1S/C28H31ClN6/c29-21-8-9-23-24(10-16-33-27(23)20-21)30-15-5-17-35-18-11-22(12-19-35)34-28(25-6-1-3-13-31-25)26-7-2-4-14-32-26/h1-4,6-10,13-14,16,20,22,28,34H,5,11-12,15,17-19H2,(H,30,33). The van der Waals surface area contributed by atoms with Gasteiger partial charge in [0.2, 0.25) is 0 Å². The first-order valence-corrected chi connectivity index (χ1v) is 12.7. The average molecular weight is 487 g/mol. The van der Waals surface area contributed by atoms with E-state index in [1.165, 1.54) is 0 Å². The molecule has 0 aliphatic carbocycles. The SMILES string of the molecule is Clc1ccc2c(NCCCN3CCC(NC(c4ccccn4)c4ccccn4)CC3)ccnc2c1. The molecule has 5 rings (SSSR count). The van der Waals surface area contributed by atoms with Gasteiger partial charge in [0, 0.05) is 47.3 Å². The molecule has 6 nitrogen and oxygen atoms in total. The van der Waals surface area contributed by atoms with Crippen LogP contribution in [0, 0.1) is 0 Å². The minimum Gasteiger partial charge on any atom is -0.384 e. The third-order valence-electron chi connectivity index (χ3n) is 6.63. The van der Waals surface area contributed by atoms with Gasteiger partial charge in [-0.05, 0) is 87.4 Å². The van der Waals surface area contributed by atoms with Gasteiger partial charge in [-0.15, -0.1) is 0 Å². The van der Waals surface area contributed by atoms with Crippen LogP contribution in [0.3, 0.4) is 0 Å². The van der Waals surface area contributed by atoms with Crippen molar-refractivity contribution < 1.29 is 0 Å². The van der Waals surface area contributed by atoms with Gasteiger partial charge in [0.15, 0.2) is 0 Å². The highest BCUT2D eigenvalue weighted by Crippen LogP contribution is 2.25. The lowest BCUT2D eigenvalue weighted by Gasteiger charge is -2.34. The number of nitrogens with one attached hydrogen (secondary N) is 2. The summed E-state index contributed by atoms with van der Waals surface area (Å²) in [5, 5.41) is 9.25. The molecule has 7 heteroatoms. The lowest BCUT2D eigenvalue weighted by Crippen LogP contribution is -2.44. The van der Waals surface area contributed by atoms with Gasteiger partial charge in [-0.25, -0.2) is 0 Å². The van der Waals surface area contributed by atoms with Gasteiger partial charge in [-0.3, -0.25) is 15.0 Å². The number of rotatable bonds is 9. The summed E-state index contributed by atoms with van der Waals surface area (Å²) in [7, 11) is 0. The van der Waals surface area contributed by atoms with E-state index in [0.717, 1.165) is 73.4 Å². The van der Waals surface area contributed by atoms with Gasteiger partial charge in [-0.1, -0.05) is 23.7 Å². The van der Waals surface area contributed by atoms with E-state index in [0.29, 0.717) is 11.1 Å². The zero-order valence-corrected chi connectivity index (χ0v) is 20.5. The molecule has 1 aliphatic rings. The topological polar surface area (TPSA) is 66.0 Å². The number of pyridine rings is 3. The predicted molar refractivity (Wildman–Crippen MR) is 143 cm³/mol. The van der Waals surface area contributed by atoms with Crippen molar-refractivity contribution in [2.24, 2.45) is 0 Å². The summed E-state index contributed by atoms with van der Waals surface area (Å²) in [6, 6.07) is 20.5. The normalized spacial score (nSPS) is 15.0. The molecule has 1 aromatic carbocycles. The second-order valence-corrected chi connectivity index (χ2v) is 9.46. The molecule has 1 fully saturated rings. The van der Waals surface area contributed by atoms with E-state index in [1.807, 2.05) is 67.1 Å². The van der Waals surface area contributed by atoms with Crippen LogP contribution in [0.4, 0.5) is 5.69 Å². The summed E-state index contributed by atoms with van der Waals surface area (Å²) in [5.74, 6) is 0. The predicted octanol–water partition coefficient (Wildman–Crippen LogP) is 5.32. The number of piperidine rings is 1. The molecule has 180 valence electrons. The Labute approximate surface area is 211 Å². The summed E-state index contributed by atoms with van der Waals surface area (Å²) in [4.78, 5) is 16.2. The molecule has 1 aliphatic heterocycles. The number of anilines is 1. The van der Waals surface area contributed by atoms with Crippen LogP contribution in [0.25, 0.3) is 10.9 Å². The third-order valence-corrected chi connectivity index (χ3v) is 6.86. The minimum absolute atomic E-state index is 0.0169. The van der Waals surface area contributed by atoms with Crippen molar-refractivity contribution >= 4 is 28.2 Å². The molecule has 0 bridgehead atoms. The van der Waals surface area contributed by atoms with E-state index in [9.17, 15) is 0 Å². The second kappa shape index (κ2) is 11.6. The Kier molecular flexibility index (Phi) is 7.83. The summed E-state index contributed by atoms with van der Waals surface area (Å²) >= 11 is 6.11. The number of fused-ring (bicyclic) bond motifs is 1. The average Bonchev–Trinajstić information content (AvgIpc) is 2.91. The molecular weight excluding hydrogens is 456 g/mol. The van der Waals surface area contributed by atoms with E-state index in [4.69, 9.17) is 11.6 Å². The van der Waals surface area contributed by atoms with Crippen LogP contribution >= 0.6 is 11.6 Å². The van der Waals surface area contributed by atoms with E-state index >= 15 is 0 Å². The van der Waals surface area contributed by atoms with E-state index < -0.39 is 0 Å². The van der Waals surface area contributed by atoms with Crippen LogP contribution in [-0.4, -0.2) is 52.1 Å². The summed E-state index contributed by atoms with van der Waals surface area (Å²) in [5.41, 5.74) is 4.08. The van der Waals surface area contributed by atoms with Crippen LogP contribution in [0.2, 0.25) is 5.02 Å². The molecule has 0 saturated carbocycles. The Morgan fingerprint density at radius 2 is 1.63 bits per heavy atom. The van der Waals surface area contributed by atoms with Crippen LogP contribution < -0.4 is 10.6 Å². The first kappa shape index (κ1) is 23.7. The van der Waals surface area contributed by atoms with Crippen molar-refractivity contribution in [3.8, 4) is 0 Å². The van der Waals surface area contributed by atoms with Gasteiger partial charge in [0.05, 0.1) is 22.9 Å². The van der Waals surface area contributed by atoms with Crippen molar-refractivity contribution in [3.05, 3.63) is 95.7 Å². The second-order valence-electron chi connectivity index (χ2n) is 9.03. The molecule has 0 spiro atoms. The van der Waals surface area contributed by atoms with Gasteiger partial charge in [0.25, 0.3) is 0 Å². The fraction of sp³-hybridized carbons (Fsp3) is 0.321. The number of nitrogens with zero attached hydrogens (tertiary/aromatic N) is 4. The Morgan fingerprint density at radius 1 is 0.886 bits per heavy atom. The fourth-order valence-electron chi connectivity index (χ4n) is 4.78.